The summed E-state index contributed by atoms with van der Waals surface area (Å²) in [4.78, 5) is 30.6. The third-order valence-corrected chi connectivity index (χ3v) is 11.2. The normalized spacial score (nSPS) is 14.0. The second-order valence-electron chi connectivity index (χ2n) is 13.1. The van der Waals surface area contributed by atoms with E-state index in [4.69, 9.17) is 21.1 Å². The van der Waals surface area contributed by atoms with Crippen LogP contribution in [0.15, 0.2) is 95.9 Å². The molecule has 0 radical (unpaired) electrons. The van der Waals surface area contributed by atoms with E-state index >= 15 is 0 Å². The largest absolute Gasteiger partial charge is 0.493 e. The van der Waals surface area contributed by atoms with Gasteiger partial charge in [-0.25, -0.2) is 8.42 Å². The lowest BCUT2D eigenvalue weighted by molar-refractivity contribution is -0.140. The molecule has 1 aliphatic carbocycles. The number of hydrogen-bond acceptors (Lipinski definition) is 6. The van der Waals surface area contributed by atoms with Gasteiger partial charge < -0.3 is 19.7 Å². The first-order valence-electron chi connectivity index (χ1n) is 17.2. The SMILES string of the molecule is COc1ccc(S(=O)(=O)N(CC(=O)N(Cc2ccc(Cl)cc2)C(Cc2ccccc2)C(=O)NC2CCCCC2)c2cc(C)cc(C)c2)cc1OC. The van der Waals surface area contributed by atoms with Gasteiger partial charge in [-0.1, -0.05) is 79.4 Å². The standard InChI is InChI=1S/C40H46ClN3O6S/c1-28-21-29(2)23-34(22-28)44(51(47,48)35-19-20-37(49-3)38(25-35)50-4)27-39(45)43(26-31-15-17-32(41)18-16-31)36(24-30-11-7-5-8-12-30)40(46)42-33-13-9-6-10-14-33/h5,7-8,11-12,15-23,25,33,36H,6,9-10,13-14,24,26-27H2,1-4H3,(H,42,46). The summed E-state index contributed by atoms with van der Waals surface area (Å²) in [6.45, 7) is 3.24. The van der Waals surface area contributed by atoms with Crippen molar-refractivity contribution in [2.45, 2.75) is 75.9 Å². The number of ether oxygens (including phenoxy) is 2. The van der Waals surface area contributed by atoms with Crippen LogP contribution in [-0.4, -0.2) is 58.0 Å². The molecule has 4 aromatic rings. The highest BCUT2D eigenvalue weighted by Gasteiger charge is 2.36. The minimum absolute atomic E-state index is 0.00852. The zero-order valence-electron chi connectivity index (χ0n) is 29.6. The number of benzene rings is 4. The number of nitrogens with zero attached hydrogens (tertiary/aromatic N) is 2. The van der Waals surface area contributed by atoms with Crippen molar-refractivity contribution >= 4 is 39.1 Å². The summed E-state index contributed by atoms with van der Waals surface area (Å²) in [7, 11) is -1.45. The number of amides is 2. The molecule has 1 fully saturated rings. The van der Waals surface area contributed by atoms with Gasteiger partial charge in [0, 0.05) is 30.1 Å². The molecule has 0 heterocycles. The molecule has 51 heavy (non-hydrogen) atoms. The van der Waals surface area contributed by atoms with Gasteiger partial charge >= 0.3 is 0 Å². The smallest absolute Gasteiger partial charge is 0.264 e. The average molecular weight is 732 g/mol. The number of hydrogen-bond donors (Lipinski definition) is 1. The minimum Gasteiger partial charge on any atom is -0.493 e. The van der Waals surface area contributed by atoms with Crippen molar-refractivity contribution in [3.8, 4) is 11.5 Å². The first kappa shape index (κ1) is 37.7. The quantitative estimate of drug-likeness (QED) is 0.147. The van der Waals surface area contributed by atoms with E-state index in [1.807, 2.05) is 62.4 Å². The van der Waals surface area contributed by atoms with Crippen molar-refractivity contribution in [3.05, 3.63) is 118 Å². The fraction of sp³-hybridized carbons (Fsp3) is 0.350. The summed E-state index contributed by atoms with van der Waals surface area (Å²) in [6, 6.07) is 25.4. The molecule has 11 heteroatoms. The average Bonchev–Trinajstić information content (AvgIpc) is 3.12. The van der Waals surface area contributed by atoms with E-state index in [0.29, 0.717) is 16.5 Å². The van der Waals surface area contributed by atoms with E-state index in [-0.39, 0.29) is 35.6 Å². The predicted octanol–water partition coefficient (Wildman–Crippen LogP) is 7.26. The van der Waals surface area contributed by atoms with Crippen LogP contribution in [0.4, 0.5) is 5.69 Å². The zero-order chi connectivity index (χ0) is 36.5. The van der Waals surface area contributed by atoms with E-state index < -0.39 is 28.5 Å². The third kappa shape index (κ3) is 9.62. The van der Waals surface area contributed by atoms with E-state index in [1.54, 1.807) is 24.3 Å². The number of nitrogens with one attached hydrogen (secondary N) is 1. The maximum absolute atomic E-state index is 14.9. The lowest BCUT2D eigenvalue weighted by atomic mass is 9.94. The Kier molecular flexibility index (Phi) is 12.7. The number of sulfonamides is 1. The fourth-order valence-corrected chi connectivity index (χ4v) is 8.15. The molecule has 0 bridgehead atoms. The van der Waals surface area contributed by atoms with Gasteiger partial charge in [0.1, 0.15) is 12.6 Å². The monoisotopic (exact) mass is 731 g/mol. The summed E-state index contributed by atoms with van der Waals surface area (Å²) in [5.41, 5.74) is 3.61. The van der Waals surface area contributed by atoms with Gasteiger partial charge in [-0.3, -0.25) is 13.9 Å². The summed E-state index contributed by atoms with van der Waals surface area (Å²) in [6.07, 6.45) is 5.17. The van der Waals surface area contributed by atoms with Crippen LogP contribution in [0.3, 0.4) is 0 Å². The topological polar surface area (TPSA) is 105 Å². The third-order valence-electron chi connectivity index (χ3n) is 9.21. The second kappa shape index (κ2) is 17.1. The number of carbonyl (C=O) groups excluding carboxylic acids is 2. The highest BCUT2D eigenvalue weighted by molar-refractivity contribution is 7.92. The molecule has 1 aliphatic rings. The highest BCUT2D eigenvalue weighted by Crippen LogP contribution is 2.33. The van der Waals surface area contributed by atoms with Gasteiger partial charge in [0.25, 0.3) is 10.0 Å². The summed E-state index contributed by atoms with van der Waals surface area (Å²) < 4.78 is 41.1. The highest BCUT2D eigenvalue weighted by atomic mass is 35.5. The Balaban J connectivity index is 1.60. The van der Waals surface area contributed by atoms with Gasteiger partial charge in [0.05, 0.1) is 24.8 Å². The minimum atomic E-state index is -4.35. The lowest BCUT2D eigenvalue weighted by Gasteiger charge is -2.35. The predicted molar refractivity (Wildman–Crippen MR) is 201 cm³/mol. The summed E-state index contributed by atoms with van der Waals surface area (Å²) >= 11 is 6.22. The van der Waals surface area contributed by atoms with E-state index in [9.17, 15) is 18.0 Å². The molecule has 5 rings (SSSR count). The number of rotatable bonds is 14. The van der Waals surface area contributed by atoms with Crippen LogP contribution < -0.4 is 19.1 Å². The van der Waals surface area contributed by atoms with Crippen LogP contribution in [0.25, 0.3) is 0 Å². The number of methoxy groups -OCH3 is 2. The first-order valence-corrected chi connectivity index (χ1v) is 19.0. The van der Waals surface area contributed by atoms with Crippen LogP contribution in [0.2, 0.25) is 5.02 Å². The maximum atomic E-state index is 14.9. The summed E-state index contributed by atoms with van der Waals surface area (Å²) in [5, 5.41) is 3.77. The number of aryl methyl sites for hydroxylation is 2. The molecular formula is C40H46ClN3O6S. The molecule has 9 nitrogen and oxygen atoms in total. The molecular weight excluding hydrogens is 686 g/mol. The maximum Gasteiger partial charge on any atom is 0.264 e. The molecule has 2 amide bonds. The van der Waals surface area contributed by atoms with Gasteiger partial charge in [0.15, 0.2) is 11.5 Å². The number of carbonyl (C=O) groups is 2. The Morgan fingerprint density at radius 3 is 2.10 bits per heavy atom. The van der Waals surface area contributed by atoms with Crippen LogP contribution >= 0.6 is 11.6 Å². The van der Waals surface area contributed by atoms with Crippen molar-refractivity contribution < 1.29 is 27.5 Å². The van der Waals surface area contributed by atoms with Crippen molar-refractivity contribution in [1.29, 1.82) is 0 Å². The Morgan fingerprint density at radius 2 is 1.47 bits per heavy atom. The molecule has 1 unspecified atom stereocenters. The van der Waals surface area contributed by atoms with E-state index in [0.717, 1.165) is 58.7 Å². The Bertz CT molecular complexity index is 1890. The van der Waals surface area contributed by atoms with Crippen molar-refractivity contribution in [1.82, 2.24) is 10.2 Å². The Morgan fingerprint density at radius 1 is 0.824 bits per heavy atom. The number of anilines is 1. The molecule has 0 aliphatic heterocycles. The zero-order valence-corrected chi connectivity index (χ0v) is 31.2. The molecule has 1 N–H and O–H groups in total. The molecule has 0 aromatic heterocycles. The Labute approximate surface area is 306 Å². The van der Waals surface area contributed by atoms with Crippen molar-refractivity contribution in [2.24, 2.45) is 0 Å². The van der Waals surface area contributed by atoms with Gasteiger partial charge in [-0.05, 0) is 85.3 Å². The Hall–Kier alpha value is -4.54. The molecule has 1 atom stereocenters. The summed E-state index contributed by atoms with van der Waals surface area (Å²) in [5.74, 6) is -0.203. The van der Waals surface area contributed by atoms with E-state index in [1.165, 1.54) is 37.3 Å². The van der Waals surface area contributed by atoms with Crippen LogP contribution in [0, 0.1) is 13.8 Å². The van der Waals surface area contributed by atoms with E-state index in [2.05, 4.69) is 5.32 Å². The van der Waals surface area contributed by atoms with Crippen molar-refractivity contribution in [3.63, 3.8) is 0 Å². The van der Waals surface area contributed by atoms with Crippen molar-refractivity contribution in [2.75, 3.05) is 25.1 Å². The van der Waals surface area contributed by atoms with Crippen LogP contribution in [0.1, 0.15) is 54.4 Å². The van der Waals surface area contributed by atoms with Crippen LogP contribution in [0.5, 0.6) is 11.5 Å². The van der Waals surface area contributed by atoms with Gasteiger partial charge in [0.2, 0.25) is 11.8 Å². The fourth-order valence-electron chi connectivity index (χ4n) is 6.61. The van der Waals surface area contributed by atoms with Crippen LogP contribution in [-0.2, 0) is 32.6 Å². The molecule has 4 aromatic carbocycles. The molecule has 0 spiro atoms. The van der Waals surface area contributed by atoms with Gasteiger partial charge in [-0.2, -0.15) is 0 Å². The molecule has 270 valence electrons. The second-order valence-corrected chi connectivity index (χ2v) is 15.4. The first-order chi connectivity index (χ1) is 24.5. The molecule has 1 saturated carbocycles. The van der Waals surface area contributed by atoms with Gasteiger partial charge in [-0.15, -0.1) is 0 Å². The lowest BCUT2D eigenvalue weighted by Crippen LogP contribution is -2.55. The molecule has 0 saturated heterocycles. The number of halogens is 1.